The zero-order valence-corrected chi connectivity index (χ0v) is 14.7. The molecule has 0 saturated heterocycles. The quantitative estimate of drug-likeness (QED) is 0.731. The van der Waals surface area contributed by atoms with Crippen LogP contribution in [0.4, 0.5) is 13.2 Å². The van der Waals surface area contributed by atoms with Crippen molar-refractivity contribution in [2.45, 2.75) is 52.8 Å². The van der Waals surface area contributed by atoms with Gasteiger partial charge in [0.15, 0.2) is 0 Å². The van der Waals surface area contributed by atoms with Crippen molar-refractivity contribution < 1.29 is 13.2 Å². The van der Waals surface area contributed by atoms with Crippen molar-refractivity contribution in [3.05, 3.63) is 41.5 Å². The van der Waals surface area contributed by atoms with Crippen molar-refractivity contribution in [1.82, 2.24) is 5.32 Å². The largest absolute Gasteiger partial charge is 0.393 e. The van der Waals surface area contributed by atoms with Gasteiger partial charge in [0.1, 0.15) is 0 Å². The molecule has 0 fully saturated rings. The molecule has 0 aliphatic heterocycles. The van der Waals surface area contributed by atoms with E-state index in [0.29, 0.717) is 11.5 Å². The van der Waals surface area contributed by atoms with Crippen molar-refractivity contribution in [2.75, 3.05) is 6.54 Å². The summed E-state index contributed by atoms with van der Waals surface area (Å²) in [5, 5.41) is 2.97. The van der Waals surface area contributed by atoms with Crippen LogP contribution in [0.1, 0.15) is 45.7 Å². The second kappa shape index (κ2) is 8.00. The van der Waals surface area contributed by atoms with Crippen molar-refractivity contribution in [3.8, 4) is 0 Å². The molecule has 4 heteroatoms. The molecule has 1 N–H and O–H groups in total. The summed E-state index contributed by atoms with van der Waals surface area (Å²) in [6, 6.07) is 7.34. The minimum absolute atomic E-state index is 0.00403. The van der Waals surface area contributed by atoms with Gasteiger partial charge in [-0.2, -0.15) is 13.2 Å². The Kier molecular flexibility index (Phi) is 6.87. The van der Waals surface area contributed by atoms with Crippen molar-refractivity contribution in [2.24, 2.45) is 11.8 Å². The van der Waals surface area contributed by atoms with Gasteiger partial charge in [-0.05, 0) is 44.2 Å². The molecule has 0 amide bonds. The molecular weight excluding hydrogens is 299 g/mol. The first-order valence-corrected chi connectivity index (χ1v) is 8.06. The zero-order chi connectivity index (χ0) is 17.7. The monoisotopic (exact) mass is 327 g/mol. The van der Waals surface area contributed by atoms with Gasteiger partial charge in [0.2, 0.25) is 0 Å². The minimum Gasteiger partial charge on any atom is -0.311 e. The molecule has 23 heavy (non-hydrogen) atoms. The second-order valence-electron chi connectivity index (χ2n) is 7.42. The van der Waals surface area contributed by atoms with Gasteiger partial charge in [0.25, 0.3) is 0 Å². The predicted molar refractivity (Wildman–Crippen MR) is 91.3 cm³/mol. The maximum atomic E-state index is 13.3. The number of hydrogen-bond donors (Lipinski definition) is 1. The lowest BCUT2D eigenvalue weighted by Crippen LogP contribution is -2.43. The molecule has 1 aromatic rings. The summed E-state index contributed by atoms with van der Waals surface area (Å²) in [5.41, 5.74) is 1.33. The first-order chi connectivity index (χ1) is 10.5. The number of allylic oxidation sites excluding steroid dienone is 1. The first-order valence-electron chi connectivity index (χ1n) is 8.06. The van der Waals surface area contributed by atoms with E-state index in [0.717, 1.165) is 5.56 Å². The topological polar surface area (TPSA) is 12.0 Å². The maximum absolute atomic E-state index is 13.3. The summed E-state index contributed by atoms with van der Waals surface area (Å²) in [4.78, 5) is 0. The molecule has 1 nitrogen and oxygen atoms in total. The van der Waals surface area contributed by atoms with Crippen LogP contribution in [0.15, 0.2) is 30.3 Å². The van der Waals surface area contributed by atoms with Crippen LogP contribution < -0.4 is 5.32 Å². The summed E-state index contributed by atoms with van der Waals surface area (Å²) >= 11 is 0. The zero-order valence-electron chi connectivity index (χ0n) is 14.7. The lowest BCUT2D eigenvalue weighted by atomic mass is 9.96. The van der Waals surface area contributed by atoms with E-state index in [1.54, 1.807) is 6.07 Å². The molecule has 130 valence electrons. The highest BCUT2D eigenvalue weighted by Crippen LogP contribution is 2.29. The highest BCUT2D eigenvalue weighted by Gasteiger charge is 2.39. The Morgan fingerprint density at radius 1 is 1.13 bits per heavy atom. The normalized spacial score (nSPS) is 14.7. The third-order valence-electron chi connectivity index (χ3n) is 3.45. The summed E-state index contributed by atoms with van der Waals surface area (Å²) in [7, 11) is 0. The van der Waals surface area contributed by atoms with Crippen molar-refractivity contribution in [1.29, 1.82) is 0 Å². The molecule has 0 aliphatic carbocycles. The van der Waals surface area contributed by atoms with Gasteiger partial charge in [-0.15, -0.1) is 0 Å². The molecular formula is C19H28F3N. The number of alkyl halides is 3. The van der Waals surface area contributed by atoms with Crippen molar-refractivity contribution >= 4 is 6.08 Å². The van der Waals surface area contributed by atoms with Crippen LogP contribution in [0, 0.1) is 11.8 Å². The van der Waals surface area contributed by atoms with Crippen LogP contribution in [-0.4, -0.2) is 18.3 Å². The number of rotatable bonds is 6. The standard InChI is InChI=1S/C19H28F3N/c1-14(2)9-10-15-7-6-8-16(11-15)12-17(19(20,21)22)13-23-18(3,4)5/h6-11,14,17,23H,12-13H2,1-5H3/b10-9+/t17-/m1/s1. The van der Waals surface area contributed by atoms with Crippen molar-refractivity contribution in [3.63, 3.8) is 0 Å². The molecule has 0 aliphatic rings. The SMILES string of the molecule is CC(C)/C=C/c1cccc(C[C@H](CNC(C)(C)C)C(F)(F)F)c1. The molecule has 1 atom stereocenters. The Balaban J connectivity index is 2.85. The van der Waals surface area contributed by atoms with Crippen LogP contribution in [0.2, 0.25) is 0 Å². The smallest absolute Gasteiger partial charge is 0.311 e. The summed E-state index contributed by atoms with van der Waals surface area (Å²) < 4.78 is 39.8. The minimum atomic E-state index is -4.21. The molecule has 0 bridgehead atoms. The van der Waals surface area contributed by atoms with Crippen LogP contribution >= 0.6 is 0 Å². The Labute approximate surface area is 138 Å². The maximum Gasteiger partial charge on any atom is 0.393 e. The van der Waals surface area contributed by atoms with Crippen LogP contribution in [0.25, 0.3) is 6.08 Å². The van der Waals surface area contributed by atoms with E-state index in [2.05, 4.69) is 19.2 Å². The second-order valence-corrected chi connectivity index (χ2v) is 7.42. The highest BCUT2D eigenvalue weighted by atomic mass is 19.4. The Hall–Kier alpha value is -1.29. The predicted octanol–water partition coefficient (Wildman–Crippen LogP) is 5.46. The van der Waals surface area contributed by atoms with E-state index in [1.165, 1.54) is 0 Å². The van der Waals surface area contributed by atoms with Gasteiger partial charge in [-0.3, -0.25) is 0 Å². The molecule has 0 heterocycles. The van der Waals surface area contributed by atoms with Gasteiger partial charge in [-0.1, -0.05) is 50.3 Å². The number of nitrogens with one attached hydrogen (secondary N) is 1. The number of halogens is 3. The third kappa shape index (κ3) is 8.21. The van der Waals surface area contributed by atoms with Gasteiger partial charge in [-0.25, -0.2) is 0 Å². The number of hydrogen-bond acceptors (Lipinski definition) is 1. The lowest BCUT2D eigenvalue weighted by Gasteiger charge is -2.27. The molecule has 1 aromatic carbocycles. The molecule has 0 spiro atoms. The summed E-state index contributed by atoms with van der Waals surface area (Å²) in [6.45, 7) is 9.68. The van der Waals surface area contributed by atoms with E-state index < -0.39 is 12.1 Å². The van der Waals surface area contributed by atoms with E-state index in [9.17, 15) is 13.2 Å². The highest BCUT2D eigenvalue weighted by molar-refractivity contribution is 5.50. The van der Waals surface area contributed by atoms with Gasteiger partial charge in [0, 0.05) is 12.1 Å². The van der Waals surface area contributed by atoms with E-state index >= 15 is 0 Å². The lowest BCUT2D eigenvalue weighted by molar-refractivity contribution is -0.173. The average molecular weight is 327 g/mol. The fourth-order valence-corrected chi connectivity index (χ4v) is 2.14. The molecule has 0 radical (unpaired) electrons. The first kappa shape index (κ1) is 19.8. The number of benzene rings is 1. The Morgan fingerprint density at radius 2 is 1.78 bits per heavy atom. The van der Waals surface area contributed by atoms with Gasteiger partial charge < -0.3 is 5.32 Å². The van der Waals surface area contributed by atoms with E-state index in [1.807, 2.05) is 51.1 Å². The molecule has 0 aromatic heterocycles. The molecule has 0 saturated carbocycles. The summed E-state index contributed by atoms with van der Waals surface area (Å²) in [6.07, 6.45) is -0.205. The average Bonchev–Trinajstić information content (AvgIpc) is 2.39. The Bertz CT molecular complexity index is 510. The Morgan fingerprint density at radius 3 is 2.30 bits per heavy atom. The van der Waals surface area contributed by atoms with Gasteiger partial charge >= 0.3 is 6.18 Å². The van der Waals surface area contributed by atoms with Crippen LogP contribution in [0.3, 0.4) is 0 Å². The van der Waals surface area contributed by atoms with E-state index in [-0.39, 0.29) is 18.5 Å². The molecule has 1 rings (SSSR count). The molecule has 0 unspecified atom stereocenters. The third-order valence-corrected chi connectivity index (χ3v) is 3.45. The van der Waals surface area contributed by atoms with E-state index in [4.69, 9.17) is 0 Å². The van der Waals surface area contributed by atoms with Crippen LogP contribution in [-0.2, 0) is 6.42 Å². The fourth-order valence-electron chi connectivity index (χ4n) is 2.14. The fraction of sp³-hybridized carbons (Fsp3) is 0.579. The van der Waals surface area contributed by atoms with Gasteiger partial charge in [0.05, 0.1) is 5.92 Å². The van der Waals surface area contributed by atoms with Crippen LogP contribution in [0.5, 0.6) is 0 Å². The summed E-state index contributed by atoms with van der Waals surface area (Å²) in [5.74, 6) is -0.969.